The van der Waals surface area contributed by atoms with Crippen molar-refractivity contribution < 1.29 is 46.1 Å². The monoisotopic (exact) mass is 683 g/mol. The fraction of sp³-hybridized carbons (Fsp3) is 0.421. The van der Waals surface area contributed by atoms with Gasteiger partial charge in [-0.3, -0.25) is 9.69 Å². The second-order valence-electron chi connectivity index (χ2n) is 13.8. The van der Waals surface area contributed by atoms with Crippen molar-refractivity contribution in [2.45, 2.75) is 89.3 Å². The standard InChI is InChI=1S/C38H38F5NO5/c1-23-4-3-16-36(2)31(15-17-37(36)22-44(35(47)49-37)21-24-6-11-28(12-7-24)48-38(41,42)43)29-13-8-25(18-27(45)10-5-23)19-30(29)34(46)26-9-14-32(39)33(40)20-26/h4,6-9,11-14,19-20,27,31,45H,3,5,10,15-18,21-22H2,1-2H3/t27-,31-,36-,37+/m0/s1. The molecule has 4 aliphatic rings. The molecule has 0 unspecified atom stereocenters. The van der Waals surface area contributed by atoms with Crippen LogP contribution in [0.15, 0.2) is 72.3 Å². The van der Waals surface area contributed by atoms with Crippen molar-refractivity contribution in [3.63, 3.8) is 0 Å². The Bertz CT molecular complexity index is 1770. The minimum atomic E-state index is -4.82. The van der Waals surface area contributed by atoms with Crippen LogP contribution in [0.5, 0.6) is 5.75 Å². The Morgan fingerprint density at radius 3 is 2.49 bits per heavy atom. The van der Waals surface area contributed by atoms with E-state index in [0.717, 1.165) is 23.3 Å². The van der Waals surface area contributed by atoms with Gasteiger partial charge in [0.05, 0.1) is 12.6 Å². The molecule has 3 aromatic carbocycles. The van der Waals surface area contributed by atoms with E-state index in [1.165, 1.54) is 30.3 Å². The zero-order chi connectivity index (χ0) is 35.1. The summed E-state index contributed by atoms with van der Waals surface area (Å²) in [6, 6.07) is 13.9. The fourth-order valence-electron chi connectivity index (χ4n) is 7.91. The van der Waals surface area contributed by atoms with Crippen LogP contribution in [0.4, 0.5) is 26.7 Å². The number of amides is 1. The molecule has 1 heterocycles. The van der Waals surface area contributed by atoms with Crippen LogP contribution in [-0.2, 0) is 17.7 Å². The quantitative estimate of drug-likeness (QED) is 0.165. The van der Waals surface area contributed by atoms with E-state index < -0.39 is 47.0 Å². The summed E-state index contributed by atoms with van der Waals surface area (Å²) in [5, 5.41) is 10.8. The third-order valence-electron chi connectivity index (χ3n) is 10.6. The van der Waals surface area contributed by atoms with Crippen molar-refractivity contribution in [2.75, 3.05) is 6.54 Å². The highest BCUT2D eigenvalue weighted by Crippen LogP contribution is 2.62. The number of hydrogen-bond acceptors (Lipinski definition) is 5. The van der Waals surface area contributed by atoms with Gasteiger partial charge in [0.25, 0.3) is 0 Å². The molecule has 3 aliphatic carbocycles. The Morgan fingerprint density at radius 2 is 1.78 bits per heavy atom. The smallest absolute Gasteiger partial charge is 0.440 e. The van der Waals surface area contributed by atoms with E-state index in [1.54, 1.807) is 11.0 Å². The minimum absolute atomic E-state index is 0.00272. The van der Waals surface area contributed by atoms with Crippen LogP contribution < -0.4 is 4.74 Å². The van der Waals surface area contributed by atoms with E-state index in [-0.39, 0.29) is 30.3 Å². The molecule has 11 heteroatoms. The molecule has 1 spiro atoms. The topological polar surface area (TPSA) is 76.1 Å². The normalized spacial score (nSPS) is 25.9. The number of carbonyl (C=O) groups is 2. The van der Waals surface area contributed by atoms with Crippen molar-refractivity contribution >= 4 is 11.9 Å². The van der Waals surface area contributed by atoms with E-state index in [9.17, 15) is 36.6 Å². The van der Waals surface area contributed by atoms with E-state index in [1.807, 2.05) is 19.1 Å². The van der Waals surface area contributed by atoms with Gasteiger partial charge in [0.2, 0.25) is 0 Å². The van der Waals surface area contributed by atoms with Crippen molar-refractivity contribution in [1.82, 2.24) is 4.90 Å². The molecule has 260 valence electrons. The SMILES string of the molecule is CC1=CCC[C@@]2(C)[C@@H](CC[C@@]23CN(Cc2ccc(OC(F)(F)F)cc2)C(=O)O3)c2ccc(cc2C(=O)c2ccc(F)c(F)c2)C[C@@H](O)CC1. The van der Waals surface area contributed by atoms with Crippen LogP contribution in [-0.4, -0.2) is 46.5 Å². The number of ketones is 1. The number of alkyl halides is 3. The lowest BCUT2D eigenvalue weighted by Gasteiger charge is -2.43. The number of allylic oxidation sites excluding steroid dienone is 2. The van der Waals surface area contributed by atoms with Gasteiger partial charge < -0.3 is 14.6 Å². The molecule has 1 saturated heterocycles. The van der Waals surface area contributed by atoms with Crippen LogP contribution in [0.2, 0.25) is 0 Å². The van der Waals surface area contributed by atoms with Crippen molar-refractivity contribution in [1.29, 1.82) is 0 Å². The first-order chi connectivity index (χ1) is 23.2. The number of rotatable bonds is 5. The van der Waals surface area contributed by atoms with Gasteiger partial charge in [-0.05, 0) is 111 Å². The lowest BCUT2D eigenvalue weighted by Crippen LogP contribution is -2.48. The average molecular weight is 684 g/mol. The summed E-state index contributed by atoms with van der Waals surface area (Å²) in [6.07, 6.45) is -0.0115. The molecule has 49 heavy (non-hydrogen) atoms. The van der Waals surface area contributed by atoms with Gasteiger partial charge in [-0.1, -0.05) is 42.8 Å². The molecule has 0 aromatic heterocycles. The molecule has 3 aromatic rings. The predicted molar refractivity (Wildman–Crippen MR) is 171 cm³/mol. The van der Waals surface area contributed by atoms with Crippen molar-refractivity contribution in [3.05, 3.63) is 112 Å². The van der Waals surface area contributed by atoms with Gasteiger partial charge >= 0.3 is 12.5 Å². The molecular weight excluding hydrogens is 645 g/mol. The molecule has 2 bridgehead atoms. The molecule has 0 radical (unpaired) electrons. The second kappa shape index (κ2) is 13.2. The van der Waals surface area contributed by atoms with Crippen LogP contribution in [0.3, 0.4) is 0 Å². The molecule has 1 amide bonds. The van der Waals surface area contributed by atoms with E-state index in [2.05, 4.69) is 17.7 Å². The zero-order valence-electron chi connectivity index (χ0n) is 27.3. The van der Waals surface area contributed by atoms with Gasteiger partial charge in [0.15, 0.2) is 17.4 Å². The van der Waals surface area contributed by atoms with E-state index in [0.29, 0.717) is 61.6 Å². The molecule has 1 N–H and O–H groups in total. The number of benzene rings is 3. The van der Waals surface area contributed by atoms with Crippen molar-refractivity contribution in [3.8, 4) is 5.75 Å². The van der Waals surface area contributed by atoms with Gasteiger partial charge in [-0.15, -0.1) is 13.2 Å². The highest BCUT2D eigenvalue weighted by atomic mass is 19.4. The highest BCUT2D eigenvalue weighted by Gasteiger charge is 2.64. The summed E-state index contributed by atoms with van der Waals surface area (Å²) in [5.41, 5.74) is 1.89. The molecule has 1 aliphatic heterocycles. The summed E-state index contributed by atoms with van der Waals surface area (Å²) in [4.78, 5) is 29.1. The molecule has 4 atom stereocenters. The fourth-order valence-corrected chi connectivity index (χ4v) is 7.91. The third-order valence-corrected chi connectivity index (χ3v) is 10.6. The van der Waals surface area contributed by atoms with Crippen LogP contribution in [0.1, 0.15) is 90.9 Å². The number of hydrogen-bond donors (Lipinski definition) is 1. The largest absolute Gasteiger partial charge is 0.573 e. The van der Waals surface area contributed by atoms with Gasteiger partial charge in [-0.25, -0.2) is 13.6 Å². The first-order valence-corrected chi connectivity index (χ1v) is 16.5. The number of aliphatic hydroxyl groups excluding tert-OH is 1. The van der Waals surface area contributed by atoms with E-state index >= 15 is 0 Å². The van der Waals surface area contributed by atoms with Crippen LogP contribution in [0.25, 0.3) is 0 Å². The number of fused-ring (bicyclic) bond motifs is 8. The van der Waals surface area contributed by atoms with Gasteiger partial charge in [0, 0.05) is 23.1 Å². The first kappa shape index (κ1) is 34.6. The maximum absolute atomic E-state index is 14.3. The van der Waals surface area contributed by atoms with Crippen molar-refractivity contribution in [2.24, 2.45) is 5.41 Å². The molecule has 7 rings (SSSR count). The third kappa shape index (κ3) is 7.08. The summed E-state index contributed by atoms with van der Waals surface area (Å²) in [5.74, 6) is -3.29. The molecular formula is C38H38F5NO5. The summed E-state index contributed by atoms with van der Waals surface area (Å²) >= 11 is 0. The van der Waals surface area contributed by atoms with Crippen LogP contribution in [0, 0.1) is 17.0 Å². The van der Waals surface area contributed by atoms with E-state index in [4.69, 9.17) is 4.74 Å². The number of nitrogens with zero attached hydrogens (tertiary/aromatic N) is 1. The number of halogens is 5. The number of ether oxygens (including phenoxy) is 2. The molecule has 2 fully saturated rings. The molecule has 1 saturated carbocycles. The summed E-state index contributed by atoms with van der Waals surface area (Å²) < 4.78 is 76.4. The van der Waals surface area contributed by atoms with Crippen LogP contribution >= 0.6 is 0 Å². The number of aliphatic hydroxyl groups is 1. The lowest BCUT2D eigenvalue weighted by molar-refractivity contribution is -0.274. The second-order valence-corrected chi connectivity index (χ2v) is 13.8. The Hall–Kier alpha value is -4.25. The zero-order valence-corrected chi connectivity index (χ0v) is 27.3. The van der Waals surface area contributed by atoms with Gasteiger partial charge in [-0.2, -0.15) is 0 Å². The summed E-state index contributed by atoms with van der Waals surface area (Å²) in [6.45, 7) is 4.45. The Labute approximate surface area is 281 Å². The predicted octanol–water partition coefficient (Wildman–Crippen LogP) is 8.79. The highest BCUT2D eigenvalue weighted by molar-refractivity contribution is 6.10. The molecule has 6 nitrogen and oxygen atoms in total. The number of carbonyl (C=O) groups excluding carboxylic acids is 2. The Balaban J connectivity index is 1.37. The summed E-state index contributed by atoms with van der Waals surface area (Å²) in [7, 11) is 0. The van der Waals surface area contributed by atoms with Gasteiger partial charge in [0.1, 0.15) is 11.4 Å². The maximum Gasteiger partial charge on any atom is 0.573 e. The Morgan fingerprint density at radius 1 is 1.02 bits per heavy atom. The Kier molecular flexibility index (Phi) is 9.34. The average Bonchev–Trinajstić information content (AvgIpc) is 3.51. The maximum atomic E-state index is 14.3. The minimum Gasteiger partial charge on any atom is -0.440 e. The lowest BCUT2D eigenvalue weighted by atomic mass is 9.64. The first-order valence-electron chi connectivity index (χ1n) is 16.5.